The van der Waals surface area contributed by atoms with Crippen LogP contribution in [0.4, 0.5) is 10.5 Å². The Bertz CT molecular complexity index is 1380. The van der Waals surface area contributed by atoms with Gasteiger partial charge in [0, 0.05) is 23.5 Å². The van der Waals surface area contributed by atoms with Gasteiger partial charge in [-0.2, -0.15) is 10.4 Å². The number of pyridine rings is 1. The van der Waals surface area contributed by atoms with Gasteiger partial charge in [0.15, 0.2) is 5.75 Å². The predicted molar refractivity (Wildman–Crippen MR) is 132 cm³/mol. The maximum Gasteiger partial charge on any atom is 0.412 e. The van der Waals surface area contributed by atoms with Gasteiger partial charge in [-0.25, -0.2) is 9.59 Å². The van der Waals surface area contributed by atoms with E-state index in [9.17, 15) is 14.9 Å². The van der Waals surface area contributed by atoms with Crippen LogP contribution in [0.15, 0.2) is 47.6 Å². The molecule has 4 rings (SSSR count). The number of halogens is 2. The molecular formula is C24H19Cl2N5O4. The van der Waals surface area contributed by atoms with Crippen molar-refractivity contribution in [3.8, 4) is 17.6 Å². The number of nitriles is 1. The Morgan fingerprint density at radius 2 is 1.91 bits per heavy atom. The molecule has 9 nitrogen and oxygen atoms in total. The number of fused-ring (bicyclic) bond motifs is 1. The Balaban J connectivity index is 1.58. The van der Waals surface area contributed by atoms with E-state index >= 15 is 0 Å². The molecule has 0 atom stereocenters. The predicted octanol–water partition coefficient (Wildman–Crippen LogP) is 5.54. The van der Waals surface area contributed by atoms with Crippen molar-refractivity contribution in [2.45, 2.75) is 25.7 Å². The molecule has 0 unspecified atom stereocenters. The number of esters is 1. The number of anilines is 1. The normalized spacial score (nSPS) is 13.3. The van der Waals surface area contributed by atoms with Gasteiger partial charge in [0.1, 0.15) is 11.8 Å². The smallest absolute Gasteiger partial charge is 0.412 e. The molecule has 1 aliphatic carbocycles. The number of carbonyl (C=O) groups excluding carboxylic acids is 2. The molecule has 2 aromatic carbocycles. The van der Waals surface area contributed by atoms with Crippen LogP contribution in [0.3, 0.4) is 0 Å². The summed E-state index contributed by atoms with van der Waals surface area (Å²) >= 11 is 12.9. The average Bonchev–Trinajstić information content (AvgIpc) is 3.67. The molecule has 1 amide bonds. The number of amides is 1. The summed E-state index contributed by atoms with van der Waals surface area (Å²) in [5.74, 6) is 0.0520. The van der Waals surface area contributed by atoms with Crippen LogP contribution in [0.1, 0.15) is 31.4 Å². The highest BCUT2D eigenvalue weighted by Crippen LogP contribution is 2.41. The summed E-state index contributed by atoms with van der Waals surface area (Å²) in [6.45, 7) is 1.96. The van der Waals surface area contributed by atoms with Crippen LogP contribution >= 0.6 is 23.2 Å². The molecule has 1 saturated carbocycles. The Hall–Kier alpha value is -3.87. The number of benzene rings is 2. The maximum absolute atomic E-state index is 11.8. The van der Waals surface area contributed by atoms with E-state index < -0.39 is 17.8 Å². The number of primary amides is 1. The molecule has 178 valence electrons. The lowest BCUT2D eigenvalue weighted by Gasteiger charge is -2.19. The van der Waals surface area contributed by atoms with Crippen molar-refractivity contribution < 1.29 is 19.1 Å². The van der Waals surface area contributed by atoms with Gasteiger partial charge in [0.25, 0.3) is 0 Å². The lowest BCUT2D eigenvalue weighted by atomic mass is 10.1. The number of nitrogens with zero attached hydrogens (tertiary/aromatic N) is 4. The van der Waals surface area contributed by atoms with Crippen LogP contribution in [-0.4, -0.2) is 29.3 Å². The summed E-state index contributed by atoms with van der Waals surface area (Å²) in [5, 5.41) is 15.7. The number of carbonyl (C=O) groups is 2. The fourth-order valence-electron chi connectivity index (χ4n) is 3.38. The molecule has 1 aromatic heterocycles. The van der Waals surface area contributed by atoms with Gasteiger partial charge < -0.3 is 15.2 Å². The minimum absolute atomic E-state index is 0.182. The molecule has 11 heteroatoms. The zero-order chi connectivity index (χ0) is 25.1. The Morgan fingerprint density at radius 1 is 1.20 bits per heavy atom. The summed E-state index contributed by atoms with van der Waals surface area (Å²) in [4.78, 5) is 27.3. The highest BCUT2D eigenvalue weighted by atomic mass is 35.5. The maximum atomic E-state index is 11.8. The number of ether oxygens (including phenoxy) is 2. The Morgan fingerprint density at radius 3 is 2.51 bits per heavy atom. The molecule has 35 heavy (non-hydrogen) atoms. The third-order valence-corrected chi connectivity index (χ3v) is 5.75. The van der Waals surface area contributed by atoms with E-state index in [0.717, 1.165) is 16.6 Å². The lowest BCUT2D eigenvalue weighted by Crippen LogP contribution is -2.27. The van der Waals surface area contributed by atoms with Gasteiger partial charge in [0.2, 0.25) is 5.71 Å². The molecule has 0 spiro atoms. The van der Waals surface area contributed by atoms with E-state index in [0.29, 0.717) is 17.4 Å². The largest absolute Gasteiger partial charge is 0.454 e. The molecule has 1 heterocycles. The van der Waals surface area contributed by atoms with Gasteiger partial charge in [-0.3, -0.25) is 9.99 Å². The topological polar surface area (TPSA) is 131 Å². The second-order valence-electron chi connectivity index (χ2n) is 7.69. The molecule has 2 N–H and O–H groups in total. The summed E-state index contributed by atoms with van der Waals surface area (Å²) < 4.78 is 10.2. The number of hydrazone groups is 1. The van der Waals surface area contributed by atoms with E-state index in [-0.39, 0.29) is 22.3 Å². The monoisotopic (exact) mass is 511 g/mol. The van der Waals surface area contributed by atoms with Crippen LogP contribution in [-0.2, 0) is 9.53 Å². The first-order valence-electron chi connectivity index (χ1n) is 10.6. The van der Waals surface area contributed by atoms with Crippen molar-refractivity contribution >= 4 is 57.6 Å². The van der Waals surface area contributed by atoms with Crippen molar-refractivity contribution in [3.63, 3.8) is 0 Å². The van der Waals surface area contributed by atoms with Crippen LogP contribution < -0.4 is 15.5 Å². The van der Waals surface area contributed by atoms with Crippen molar-refractivity contribution in [3.05, 3.63) is 58.2 Å². The van der Waals surface area contributed by atoms with Crippen LogP contribution in [0.25, 0.3) is 10.9 Å². The lowest BCUT2D eigenvalue weighted by molar-refractivity contribution is -0.129. The molecule has 3 aromatic rings. The zero-order valence-electron chi connectivity index (χ0n) is 18.5. The highest BCUT2D eigenvalue weighted by Gasteiger charge is 2.25. The van der Waals surface area contributed by atoms with E-state index in [1.807, 2.05) is 24.3 Å². The molecule has 0 aliphatic heterocycles. The highest BCUT2D eigenvalue weighted by molar-refractivity contribution is 6.44. The van der Waals surface area contributed by atoms with Crippen molar-refractivity contribution in [2.24, 2.45) is 10.8 Å². The molecule has 0 bridgehead atoms. The van der Waals surface area contributed by atoms with Crippen LogP contribution in [0.5, 0.6) is 11.5 Å². The van der Waals surface area contributed by atoms with E-state index in [1.165, 1.54) is 30.0 Å². The molecule has 0 radical (unpaired) electrons. The average molecular weight is 512 g/mol. The Labute approximate surface area is 210 Å². The third-order valence-electron chi connectivity index (χ3n) is 5.19. The summed E-state index contributed by atoms with van der Waals surface area (Å²) in [6, 6.07) is 14.2. The standard InChI is InChI=1S/C24H19Cl2N5O4/c1-2-31(30-21(12-27)23(32)35-24(28)33)15-10-17(25)22(18(26)11-15)34-16-6-8-20-14(9-16)5-7-19(29-20)13-3-4-13/h5-11,13H,2-4H2,1H3,(H2,28,33). The number of aromatic nitrogens is 1. The first-order chi connectivity index (χ1) is 16.8. The van der Waals surface area contributed by atoms with Gasteiger partial charge in [0.05, 0.1) is 21.2 Å². The van der Waals surface area contributed by atoms with Crippen molar-refractivity contribution in [1.82, 2.24) is 4.98 Å². The van der Waals surface area contributed by atoms with E-state index in [2.05, 4.69) is 9.84 Å². The fraction of sp³-hybridized carbons (Fsp3) is 0.208. The minimum Gasteiger partial charge on any atom is -0.454 e. The summed E-state index contributed by atoms with van der Waals surface area (Å²) in [5.41, 5.74) is 6.52. The number of hydrogen-bond acceptors (Lipinski definition) is 8. The SMILES string of the molecule is CCN(N=C(C#N)C(=O)OC(N)=O)c1cc(Cl)c(Oc2ccc3nc(C4CC4)ccc3c2)c(Cl)c1. The van der Waals surface area contributed by atoms with Crippen LogP contribution in [0.2, 0.25) is 10.0 Å². The number of hydrogen-bond donors (Lipinski definition) is 1. The fourth-order valence-corrected chi connectivity index (χ4v) is 3.93. The van der Waals surface area contributed by atoms with Crippen molar-refractivity contribution in [2.75, 3.05) is 11.6 Å². The molecule has 1 aliphatic rings. The molecular weight excluding hydrogens is 493 g/mol. The number of nitrogens with two attached hydrogens (primary N) is 1. The number of rotatable bonds is 7. The summed E-state index contributed by atoms with van der Waals surface area (Å²) in [7, 11) is 0. The second kappa shape index (κ2) is 10.2. The first-order valence-corrected chi connectivity index (χ1v) is 11.4. The van der Waals surface area contributed by atoms with Crippen LogP contribution in [0, 0.1) is 11.3 Å². The molecule has 0 saturated heterocycles. The van der Waals surface area contributed by atoms with Gasteiger partial charge in [-0.05, 0) is 56.2 Å². The van der Waals surface area contributed by atoms with E-state index in [4.69, 9.17) is 38.7 Å². The van der Waals surface area contributed by atoms with Crippen molar-refractivity contribution in [1.29, 1.82) is 5.26 Å². The molecule has 1 fully saturated rings. The first kappa shape index (κ1) is 24.3. The van der Waals surface area contributed by atoms with Gasteiger partial charge in [-0.15, -0.1) is 0 Å². The quantitative estimate of drug-likeness (QED) is 0.190. The van der Waals surface area contributed by atoms with Gasteiger partial charge >= 0.3 is 12.1 Å². The third kappa shape index (κ3) is 5.62. The Kier molecular flexibility index (Phi) is 7.05. The van der Waals surface area contributed by atoms with E-state index in [1.54, 1.807) is 19.1 Å². The second-order valence-corrected chi connectivity index (χ2v) is 8.50. The zero-order valence-corrected chi connectivity index (χ0v) is 20.0. The summed E-state index contributed by atoms with van der Waals surface area (Å²) in [6.07, 6.45) is 1.02. The minimum atomic E-state index is -1.35. The van der Waals surface area contributed by atoms with Gasteiger partial charge in [-0.1, -0.05) is 29.3 Å².